The molecule has 0 unspecified atom stereocenters. The van der Waals surface area contributed by atoms with E-state index >= 15 is 0 Å². The maximum atomic E-state index is 14.6. The summed E-state index contributed by atoms with van der Waals surface area (Å²) < 4.78 is 21.4. The van der Waals surface area contributed by atoms with Crippen LogP contribution in [0.5, 0.6) is 0 Å². The number of nitrogens with zero attached hydrogens (tertiary/aromatic N) is 6. The molecular weight excluding hydrogens is 579 g/mol. The fourth-order valence-electron chi connectivity index (χ4n) is 5.07. The molecule has 3 aromatic heterocycles. The van der Waals surface area contributed by atoms with Crippen molar-refractivity contribution in [1.82, 2.24) is 29.6 Å². The average Bonchev–Trinajstić information content (AvgIpc) is 3.71. The van der Waals surface area contributed by atoms with Gasteiger partial charge in [0.2, 0.25) is 11.8 Å². The second-order valence-electron chi connectivity index (χ2n) is 10.00. The number of fused-ring (bicyclic) bond motifs is 1. The van der Waals surface area contributed by atoms with E-state index in [0.717, 1.165) is 0 Å². The predicted molar refractivity (Wildman–Crippen MR) is 156 cm³/mol. The molecular formula is C29H24ClFN8O4. The summed E-state index contributed by atoms with van der Waals surface area (Å²) in [6, 6.07) is 11.1. The molecule has 6 rings (SSSR count). The maximum Gasteiger partial charge on any atom is 0.270 e. The van der Waals surface area contributed by atoms with Gasteiger partial charge in [-0.1, -0.05) is 23.7 Å². The fraction of sp³-hybridized carbons (Fsp3) is 0.207. The topological polar surface area (TPSA) is 148 Å². The van der Waals surface area contributed by atoms with Crippen molar-refractivity contribution in [2.45, 2.75) is 32.1 Å². The highest BCUT2D eigenvalue weighted by molar-refractivity contribution is 6.33. The van der Waals surface area contributed by atoms with E-state index in [1.54, 1.807) is 65.6 Å². The summed E-state index contributed by atoms with van der Waals surface area (Å²) in [5, 5.41) is 10.5. The van der Waals surface area contributed by atoms with Gasteiger partial charge in [0.1, 0.15) is 25.1 Å². The van der Waals surface area contributed by atoms with E-state index in [-0.39, 0.29) is 37.1 Å². The molecule has 2 N–H and O–H groups in total. The van der Waals surface area contributed by atoms with E-state index in [1.807, 2.05) is 0 Å². The molecule has 1 fully saturated rings. The first-order valence-corrected chi connectivity index (χ1v) is 13.6. The van der Waals surface area contributed by atoms with Crippen LogP contribution in [0.15, 0.2) is 71.9 Å². The number of alkyl halides is 1. The zero-order valence-corrected chi connectivity index (χ0v) is 23.5. The van der Waals surface area contributed by atoms with Gasteiger partial charge in [-0.05, 0) is 42.4 Å². The quantitative estimate of drug-likeness (QED) is 0.242. The molecule has 1 saturated heterocycles. The zero-order chi connectivity index (χ0) is 30.1. The molecule has 2 atom stereocenters. The third kappa shape index (κ3) is 5.79. The molecule has 1 aliphatic heterocycles. The number of likely N-dealkylation sites (tertiary alicyclic amines) is 1. The number of Topliss-reactive ketones (excluding diaryl/α,β-unsaturated/α-hetero) is 1. The first kappa shape index (κ1) is 28.0. The molecule has 4 heterocycles. The maximum absolute atomic E-state index is 14.6. The van der Waals surface area contributed by atoms with Crippen molar-refractivity contribution in [3.8, 4) is 11.5 Å². The Hall–Kier alpha value is -5.17. The predicted octanol–water partition coefficient (Wildman–Crippen LogP) is 4.66. The second kappa shape index (κ2) is 11.6. The Balaban J connectivity index is 1.20. The molecule has 218 valence electrons. The van der Waals surface area contributed by atoms with Crippen LogP contribution in [0.4, 0.5) is 21.7 Å². The number of nitrogens with one attached hydrogen (secondary N) is 2. The zero-order valence-electron chi connectivity index (χ0n) is 22.7. The standard InChI is InChI=1S/C29H24ClFN8O4/c1-16(40)22-13-38(24-7-6-18(9-21(22)24)34-19-10-32-15-33-11-19)14-26(41)39-12-17(31)8-25(39)27(42)35-29-36-28(43-37-29)20-4-2-3-5-23(20)30/h2-7,9-11,13,15,17,25,34H,8,12,14H2,1H3,(H,35,37,42)/t17-,25+/m1/s1. The largest absolute Gasteiger partial charge is 0.353 e. The summed E-state index contributed by atoms with van der Waals surface area (Å²) in [6.45, 7) is 0.980. The number of carbonyl (C=O) groups is 3. The van der Waals surface area contributed by atoms with Gasteiger partial charge >= 0.3 is 0 Å². The van der Waals surface area contributed by atoms with Gasteiger partial charge in [0.15, 0.2) is 5.78 Å². The molecule has 0 spiro atoms. The van der Waals surface area contributed by atoms with Gasteiger partial charge in [-0.25, -0.2) is 14.4 Å². The minimum Gasteiger partial charge on any atom is -0.353 e. The highest BCUT2D eigenvalue weighted by atomic mass is 35.5. The van der Waals surface area contributed by atoms with E-state index in [9.17, 15) is 18.8 Å². The van der Waals surface area contributed by atoms with Crippen LogP contribution < -0.4 is 10.6 Å². The van der Waals surface area contributed by atoms with Gasteiger partial charge in [0.25, 0.3) is 11.8 Å². The first-order chi connectivity index (χ1) is 20.8. The normalized spacial score (nSPS) is 16.4. The SMILES string of the molecule is CC(=O)c1cn(CC(=O)N2C[C@H](F)C[C@H]2C(=O)Nc2noc(-c3ccccc3Cl)n2)c2ccc(Nc3cncnc3)cc12. The van der Waals surface area contributed by atoms with E-state index < -0.39 is 24.0 Å². The summed E-state index contributed by atoms with van der Waals surface area (Å²) in [4.78, 5) is 52.4. The Morgan fingerprint density at radius 3 is 2.67 bits per heavy atom. The number of hydrogen-bond acceptors (Lipinski definition) is 9. The Bertz CT molecular complexity index is 1840. The summed E-state index contributed by atoms with van der Waals surface area (Å²) in [7, 11) is 0. The summed E-state index contributed by atoms with van der Waals surface area (Å²) in [5.41, 5.74) is 2.90. The van der Waals surface area contributed by atoms with Crippen molar-refractivity contribution < 1.29 is 23.3 Å². The molecule has 2 amide bonds. The minimum atomic E-state index is -1.39. The van der Waals surface area contributed by atoms with E-state index in [4.69, 9.17) is 16.1 Å². The summed E-state index contributed by atoms with van der Waals surface area (Å²) in [6.07, 6.45) is 4.66. The number of carbonyl (C=O) groups excluding carboxylic acids is 3. The molecule has 2 aromatic carbocycles. The lowest BCUT2D eigenvalue weighted by atomic mass is 10.1. The van der Waals surface area contributed by atoms with Crippen molar-refractivity contribution in [2.24, 2.45) is 0 Å². The van der Waals surface area contributed by atoms with Crippen molar-refractivity contribution in [2.75, 3.05) is 17.2 Å². The molecule has 0 bridgehead atoms. The van der Waals surface area contributed by atoms with Crippen molar-refractivity contribution in [3.63, 3.8) is 0 Å². The monoisotopic (exact) mass is 602 g/mol. The smallest absolute Gasteiger partial charge is 0.270 e. The molecule has 0 radical (unpaired) electrons. The lowest BCUT2D eigenvalue weighted by molar-refractivity contribution is -0.137. The number of ketones is 1. The number of anilines is 3. The van der Waals surface area contributed by atoms with Crippen molar-refractivity contribution in [1.29, 1.82) is 0 Å². The molecule has 5 aromatic rings. The van der Waals surface area contributed by atoms with Crippen LogP contribution in [-0.4, -0.2) is 65.9 Å². The number of hydrogen-bond donors (Lipinski definition) is 2. The molecule has 0 aliphatic carbocycles. The average molecular weight is 603 g/mol. The highest BCUT2D eigenvalue weighted by Crippen LogP contribution is 2.29. The molecule has 14 heteroatoms. The first-order valence-electron chi connectivity index (χ1n) is 13.3. The Morgan fingerprint density at radius 2 is 1.91 bits per heavy atom. The van der Waals surface area contributed by atoms with E-state index in [1.165, 1.54) is 18.2 Å². The number of aromatic nitrogens is 5. The van der Waals surface area contributed by atoms with Crippen LogP contribution in [0, 0.1) is 0 Å². The van der Waals surface area contributed by atoms with Crippen LogP contribution in [0.25, 0.3) is 22.4 Å². The van der Waals surface area contributed by atoms with Crippen molar-refractivity contribution in [3.05, 3.63) is 78.0 Å². The molecule has 1 aliphatic rings. The Labute approximate surface area is 248 Å². The molecule has 0 saturated carbocycles. The summed E-state index contributed by atoms with van der Waals surface area (Å²) >= 11 is 6.18. The lowest BCUT2D eigenvalue weighted by Gasteiger charge is -2.23. The van der Waals surface area contributed by atoms with Gasteiger partial charge in [0.05, 0.1) is 35.2 Å². The van der Waals surface area contributed by atoms with Crippen LogP contribution in [0.2, 0.25) is 5.02 Å². The number of amides is 2. The van der Waals surface area contributed by atoms with Gasteiger partial charge in [-0.2, -0.15) is 4.98 Å². The van der Waals surface area contributed by atoms with Gasteiger partial charge in [-0.15, -0.1) is 0 Å². The third-order valence-corrected chi connectivity index (χ3v) is 7.38. The summed E-state index contributed by atoms with van der Waals surface area (Å²) in [5.74, 6) is -1.36. The van der Waals surface area contributed by atoms with Crippen LogP contribution in [0.1, 0.15) is 23.7 Å². The molecule has 43 heavy (non-hydrogen) atoms. The van der Waals surface area contributed by atoms with Gasteiger partial charge < -0.3 is 19.3 Å². The molecule has 12 nitrogen and oxygen atoms in total. The Kier molecular flexibility index (Phi) is 7.55. The van der Waals surface area contributed by atoms with Crippen molar-refractivity contribution >= 4 is 57.4 Å². The minimum absolute atomic E-state index is 0.0971. The van der Waals surface area contributed by atoms with E-state index in [0.29, 0.717) is 38.4 Å². The second-order valence-corrected chi connectivity index (χ2v) is 10.4. The number of benzene rings is 2. The highest BCUT2D eigenvalue weighted by Gasteiger charge is 2.40. The Morgan fingerprint density at radius 1 is 1.12 bits per heavy atom. The van der Waals surface area contributed by atoms with Crippen LogP contribution >= 0.6 is 11.6 Å². The number of halogens is 2. The van der Waals surface area contributed by atoms with E-state index in [2.05, 4.69) is 30.7 Å². The third-order valence-electron chi connectivity index (χ3n) is 7.05. The number of rotatable bonds is 8. The van der Waals surface area contributed by atoms with Crippen LogP contribution in [0.3, 0.4) is 0 Å². The lowest BCUT2D eigenvalue weighted by Crippen LogP contribution is -2.44. The fourth-order valence-corrected chi connectivity index (χ4v) is 5.29. The van der Waals surface area contributed by atoms with Gasteiger partial charge in [-0.3, -0.25) is 19.7 Å². The van der Waals surface area contributed by atoms with Gasteiger partial charge in [0, 0.05) is 34.8 Å². The van der Waals surface area contributed by atoms with Crippen LogP contribution in [-0.2, 0) is 16.1 Å².